The van der Waals surface area contributed by atoms with Crippen molar-refractivity contribution in [1.29, 1.82) is 0 Å². The van der Waals surface area contributed by atoms with Crippen LogP contribution in [0.25, 0.3) is 0 Å². The molecule has 71 valence electrons. The summed E-state index contributed by atoms with van der Waals surface area (Å²) in [4.78, 5) is 0. The lowest BCUT2D eigenvalue weighted by Gasteiger charge is -2.11. The molecule has 1 radical (unpaired) electrons. The number of hydrogen-bond acceptors (Lipinski definition) is 2. The molecule has 13 heavy (non-hydrogen) atoms. The zero-order valence-corrected chi connectivity index (χ0v) is 8.16. The van der Waals surface area contributed by atoms with E-state index in [1.165, 1.54) is 0 Å². The van der Waals surface area contributed by atoms with Crippen LogP contribution in [-0.4, -0.2) is 7.11 Å². The number of benzene rings is 1. The number of rotatable bonds is 4. The van der Waals surface area contributed by atoms with Crippen molar-refractivity contribution in [1.82, 2.24) is 0 Å². The van der Waals surface area contributed by atoms with E-state index in [2.05, 4.69) is 6.42 Å². The Kier molecular flexibility index (Phi) is 3.77. The van der Waals surface area contributed by atoms with E-state index in [0.717, 1.165) is 17.7 Å². The van der Waals surface area contributed by atoms with E-state index in [0.29, 0.717) is 0 Å². The molecule has 2 nitrogen and oxygen atoms in total. The van der Waals surface area contributed by atoms with Gasteiger partial charge in [0, 0.05) is 6.04 Å². The molecule has 0 spiro atoms. The monoisotopic (exact) mass is 178 g/mol. The summed E-state index contributed by atoms with van der Waals surface area (Å²) in [7, 11) is 1.66. The molecule has 0 heterocycles. The molecule has 1 aromatic rings. The van der Waals surface area contributed by atoms with E-state index in [9.17, 15) is 0 Å². The third-order valence-electron chi connectivity index (χ3n) is 2.01. The van der Waals surface area contributed by atoms with Gasteiger partial charge in [-0.3, -0.25) is 0 Å². The smallest absolute Gasteiger partial charge is 0.119 e. The van der Waals surface area contributed by atoms with Gasteiger partial charge in [-0.25, -0.2) is 0 Å². The van der Waals surface area contributed by atoms with Crippen LogP contribution < -0.4 is 10.5 Å². The first-order valence-corrected chi connectivity index (χ1v) is 4.45. The Balaban J connectivity index is 2.75. The number of ether oxygens (including phenoxy) is 1. The normalized spacial score (nSPS) is 12.5. The molecule has 0 aliphatic rings. The first-order chi connectivity index (χ1) is 6.27. The Hall–Kier alpha value is -1.02. The van der Waals surface area contributed by atoms with Gasteiger partial charge in [0.1, 0.15) is 5.75 Å². The second-order valence-corrected chi connectivity index (χ2v) is 3.03. The lowest BCUT2D eigenvalue weighted by Crippen LogP contribution is -2.09. The standard InChI is InChI=1S/C11H16NO/c1-3-5-11(12)9-6-4-7-10(8-9)13-2/h3-4,6-8,11H,5,12H2,1-2H3. The van der Waals surface area contributed by atoms with E-state index in [-0.39, 0.29) is 6.04 Å². The van der Waals surface area contributed by atoms with Gasteiger partial charge in [0.25, 0.3) is 0 Å². The molecule has 1 atom stereocenters. The topological polar surface area (TPSA) is 35.2 Å². The fourth-order valence-electron chi connectivity index (χ4n) is 1.26. The molecule has 0 saturated carbocycles. The maximum absolute atomic E-state index is 5.94. The van der Waals surface area contributed by atoms with Gasteiger partial charge >= 0.3 is 0 Å². The van der Waals surface area contributed by atoms with Crippen molar-refractivity contribution in [2.24, 2.45) is 5.73 Å². The maximum atomic E-state index is 5.94. The molecule has 0 fully saturated rings. The van der Waals surface area contributed by atoms with Crippen molar-refractivity contribution in [3.63, 3.8) is 0 Å². The zero-order chi connectivity index (χ0) is 9.68. The Morgan fingerprint density at radius 2 is 2.31 bits per heavy atom. The average Bonchev–Trinajstić information content (AvgIpc) is 2.18. The van der Waals surface area contributed by atoms with E-state index >= 15 is 0 Å². The van der Waals surface area contributed by atoms with Gasteiger partial charge in [0.2, 0.25) is 0 Å². The number of hydrogen-bond donors (Lipinski definition) is 1. The van der Waals surface area contributed by atoms with E-state index in [4.69, 9.17) is 10.5 Å². The van der Waals surface area contributed by atoms with Crippen LogP contribution >= 0.6 is 0 Å². The minimum Gasteiger partial charge on any atom is -0.497 e. The quantitative estimate of drug-likeness (QED) is 0.767. The minimum absolute atomic E-state index is 0.0834. The molecule has 0 aromatic heterocycles. The minimum atomic E-state index is 0.0834. The largest absolute Gasteiger partial charge is 0.497 e. The van der Waals surface area contributed by atoms with Crippen LogP contribution in [0.1, 0.15) is 24.9 Å². The predicted molar refractivity (Wildman–Crippen MR) is 54.5 cm³/mol. The first-order valence-electron chi connectivity index (χ1n) is 4.45. The molecule has 0 amide bonds. The van der Waals surface area contributed by atoms with Crippen LogP contribution in [0.5, 0.6) is 5.75 Å². The van der Waals surface area contributed by atoms with Crippen molar-refractivity contribution < 1.29 is 4.74 Å². The highest BCUT2D eigenvalue weighted by Crippen LogP contribution is 2.19. The summed E-state index contributed by atoms with van der Waals surface area (Å²) in [5.41, 5.74) is 7.06. The zero-order valence-electron chi connectivity index (χ0n) is 8.16. The summed E-state index contributed by atoms with van der Waals surface area (Å²) in [5, 5.41) is 0. The van der Waals surface area contributed by atoms with E-state index < -0.39 is 0 Å². The highest BCUT2D eigenvalue weighted by Gasteiger charge is 2.04. The second kappa shape index (κ2) is 4.87. The van der Waals surface area contributed by atoms with Gasteiger partial charge < -0.3 is 10.5 Å². The molecule has 0 bridgehead atoms. The summed E-state index contributed by atoms with van der Waals surface area (Å²) < 4.78 is 5.12. The van der Waals surface area contributed by atoms with Crippen molar-refractivity contribution in [3.8, 4) is 5.75 Å². The van der Waals surface area contributed by atoms with Crippen LogP contribution in [0.4, 0.5) is 0 Å². The van der Waals surface area contributed by atoms with Gasteiger partial charge in [-0.05, 0) is 30.5 Å². The van der Waals surface area contributed by atoms with Crippen LogP contribution in [0.15, 0.2) is 24.3 Å². The summed E-state index contributed by atoms with van der Waals surface area (Å²) >= 11 is 0. The molecule has 1 aromatic carbocycles. The Morgan fingerprint density at radius 1 is 1.54 bits per heavy atom. The molecule has 2 heteroatoms. The van der Waals surface area contributed by atoms with Crippen LogP contribution in [0.2, 0.25) is 0 Å². The maximum Gasteiger partial charge on any atom is 0.119 e. The third-order valence-corrected chi connectivity index (χ3v) is 2.01. The third kappa shape index (κ3) is 2.74. The fraction of sp³-hybridized carbons (Fsp3) is 0.364. The van der Waals surface area contributed by atoms with Crippen molar-refractivity contribution in [3.05, 3.63) is 36.2 Å². The molecule has 2 N–H and O–H groups in total. The van der Waals surface area contributed by atoms with Gasteiger partial charge in [-0.2, -0.15) is 0 Å². The van der Waals surface area contributed by atoms with Gasteiger partial charge in [0.05, 0.1) is 7.11 Å². The number of nitrogens with two attached hydrogens (primary N) is 1. The van der Waals surface area contributed by atoms with E-state index in [1.54, 1.807) is 7.11 Å². The lowest BCUT2D eigenvalue weighted by molar-refractivity contribution is 0.413. The number of methoxy groups -OCH3 is 1. The van der Waals surface area contributed by atoms with Crippen molar-refractivity contribution in [2.45, 2.75) is 19.4 Å². The summed E-state index contributed by atoms with van der Waals surface area (Å²) in [6.45, 7) is 2.01. The van der Waals surface area contributed by atoms with Crippen LogP contribution in [-0.2, 0) is 0 Å². The Bertz CT molecular complexity index is 260. The first kappa shape index (κ1) is 10.1. The summed E-state index contributed by atoms with van der Waals surface area (Å²) in [6, 6.07) is 7.97. The highest BCUT2D eigenvalue weighted by atomic mass is 16.5. The van der Waals surface area contributed by atoms with Crippen LogP contribution in [0.3, 0.4) is 0 Å². The summed E-state index contributed by atoms with van der Waals surface area (Å²) in [5.74, 6) is 0.865. The van der Waals surface area contributed by atoms with Gasteiger partial charge in [-0.15, -0.1) is 0 Å². The Morgan fingerprint density at radius 3 is 2.92 bits per heavy atom. The Labute approximate surface area is 79.7 Å². The van der Waals surface area contributed by atoms with Crippen molar-refractivity contribution >= 4 is 0 Å². The van der Waals surface area contributed by atoms with Crippen LogP contribution in [0, 0.1) is 6.42 Å². The van der Waals surface area contributed by atoms with Gasteiger partial charge in [-0.1, -0.05) is 19.1 Å². The van der Waals surface area contributed by atoms with Gasteiger partial charge in [0.15, 0.2) is 0 Å². The predicted octanol–water partition coefficient (Wildman–Crippen LogP) is 2.31. The molecule has 0 aliphatic heterocycles. The fourth-order valence-corrected chi connectivity index (χ4v) is 1.26. The second-order valence-electron chi connectivity index (χ2n) is 3.03. The molecule has 0 aliphatic carbocycles. The molecular weight excluding hydrogens is 162 g/mol. The average molecular weight is 178 g/mol. The van der Waals surface area contributed by atoms with Crippen molar-refractivity contribution in [2.75, 3.05) is 7.11 Å². The van der Waals surface area contributed by atoms with E-state index in [1.807, 2.05) is 31.2 Å². The SMILES string of the molecule is C[CH]CC(N)c1cccc(OC)c1. The molecule has 1 rings (SSSR count). The molecule has 1 unspecified atom stereocenters. The molecule has 0 saturated heterocycles. The highest BCUT2D eigenvalue weighted by molar-refractivity contribution is 5.30. The summed E-state index contributed by atoms with van der Waals surface area (Å²) in [6.07, 6.45) is 2.97. The molecular formula is C11H16NO. The lowest BCUT2D eigenvalue weighted by atomic mass is 10.0.